The standard InChI is InChI=1S/C25H29FN4O3/c1-16(2)13-28-10-11-29(14-17(28)3)24(32)20-12-18(8-9-21(20)26)15-30-22-7-5-4-6-19(22)23(31)27-25(30)33/h4-9,12,16-17H,10-11,13-15H2,1-3H3,(H,27,31,33)/t17-/m0/s1. The van der Waals surface area contributed by atoms with Crippen LogP contribution in [0.5, 0.6) is 0 Å². The van der Waals surface area contributed by atoms with E-state index in [1.165, 1.54) is 16.7 Å². The number of aromatic amines is 1. The van der Waals surface area contributed by atoms with E-state index in [9.17, 15) is 18.8 Å². The number of fused-ring (bicyclic) bond motifs is 1. The second-order valence-electron chi connectivity index (χ2n) is 9.17. The Balaban J connectivity index is 1.60. The normalized spacial score (nSPS) is 17.1. The van der Waals surface area contributed by atoms with Crippen molar-refractivity contribution in [1.82, 2.24) is 19.4 Å². The van der Waals surface area contributed by atoms with Crippen LogP contribution in [0.1, 0.15) is 36.7 Å². The zero-order chi connectivity index (χ0) is 23.7. The third-order valence-electron chi connectivity index (χ3n) is 6.16. The molecule has 0 unspecified atom stereocenters. The quantitative estimate of drug-likeness (QED) is 0.646. The third-order valence-corrected chi connectivity index (χ3v) is 6.16. The number of carbonyl (C=O) groups excluding carboxylic acids is 1. The minimum atomic E-state index is -0.584. The van der Waals surface area contributed by atoms with Gasteiger partial charge in [-0.05, 0) is 42.7 Å². The maximum Gasteiger partial charge on any atom is 0.329 e. The maximum absolute atomic E-state index is 14.7. The number of hydrogen-bond donors (Lipinski definition) is 1. The molecule has 0 spiro atoms. The molecule has 1 N–H and O–H groups in total. The van der Waals surface area contributed by atoms with Crippen molar-refractivity contribution >= 4 is 16.8 Å². The molecule has 0 aliphatic carbocycles. The summed E-state index contributed by atoms with van der Waals surface area (Å²) in [5.74, 6) is -0.389. The fraction of sp³-hybridized carbons (Fsp3) is 0.400. The summed E-state index contributed by atoms with van der Waals surface area (Å²) in [6.07, 6.45) is 0. The Morgan fingerprint density at radius 3 is 2.64 bits per heavy atom. The predicted molar refractivity (Wildman–Crippen MR) is 126 cm³/mol. The van der Waals surface area contributed by atoms with E-state index in [1.54, 1.807) is 35.2 Å². The van der Waals surface area contributed by atoms with Crippen LogP contribution in [0.25, 0.3) is 10.9 Å². The van der Waals surface area contributed by atoms with Gasteiger partial charge in [0.05, 0.1) is 23.0 Å². The Hall–Kier alpha value is -3.26. The summed E-state index contributed by atoms with van der Waals surface area (Å²) in [4.78, 5) is 44.1. The van der Waals surface area contributed by atoms with Crippen LogP contribution in [0.15, 0.2) is 52.1 Å². The first kappa shape index (κ1) is 22.9. The molecule has 1 atom stereocenters. The van der Waals surface area contributed by atoms with Crippen LogP contribution in [0.3, 0.4) is 0 Å². The number of halogens is 1. The molecule has 3 aromatic rings. The smallest absolute Gasteiger partial charge is 0.329 e. The lowest BCUT2D eigenvalue weighted by Crippen LogP contribution is -2.54. The summed E-state index contributed by atoms with van der Waals surface area (Å²) in [7, 11) is 0. The van der Waals surface area contributed by atoms with Crippen molar-refractivity contribution < 1.29 is 9.18 Å². The number of carbonyl (C=O) groups is 1. The Morgan fingerprint density at radius 1 is 1.15 bits per heavy atom. The Morgan fingerprint density at radius 2 is 1.91 bits per heavy atom. The topological polar surface area (TPSA) is 78.4 Å². The number of piperazine rings is 1. The summed E-state index contributed by atoms with van der Waals surface area (Å²) in [5, 5.41) is 0.392. The van der Waals surface area contributed by atoms with Crippen molar-refractivity contribution in [3.05, 3.63) is 80.2 Å². The van der Waals surface area contributed by atoms with Gasteiger partial charge in [0.1, 0.15) is 5.82 Å². The van der Waals surface area contributed by atoms with E-state index < -0.39 is 17.1 Å². The van der Waals surface area contributed by atoms with Gasteiger partial charge < -0.3 is 4.90 Å². The van der Waals surface area contributed by atoms with Crippen LogP contribution in [0.2, 0.25) is 0 Å². The molecule has 33 heavy (non-hydrogen) atoms. The minimum Gasteiger partial charge on any atom is -0.336 e. The molecule has 0 bridgehead atoms. The highest BCUT2D eigenvalue weighted by molar-refractivity contribution is 5.94. The minimum absolute atomic E-state index is 0.00112. The van der Waals surface area contributed by atoms with Crippen molar-refractivity contribution in [3.8, 4) is 0 Å². The van der Waals surface area contributed by atoms with E-state index in [2.05, 4.69) is 30.7 Å². The third kappa shape index (κ3) is 4.75. The molecule has 4 rings (SSSR count). The largest absolute Gasteiger partial charge is 0.336 e. The lowest BCUT2D eigenvalue weighted by atomic mass is 10.1. The van der Waals surface area contributed by atoms with E-state index in [1.807, 2.05) is 0 Å². The zero-order valence-corrected chi connectivity index (χ0v) is 19.2. The van der Waals surface area contributed by atoms with E-state index in [0.717, 1.165) is 13.1 Å². The highest BCUT2D eigenvalue weighted by atomic mass is 19.1. The molecule has 1 fully saturated rings. The van der Waals surface area contributed by atoms with Gasteiger partial charge in [-0.2, -0.15) is 0 Å². The molecular weight excluding hydrogens is 423 g/mol. The van der Waals surface area contributed by atoms with Crippen molar-refractivity contribution in [1.29, 1.82) is 0 Å². The van der Waals surface area contributed by atoms with Gasteiger partial charge in [0, 0.05) is 32.2 Å². The second kappa shape index (κ2) is 9.31. The number of nitrogens with zero attached hydrogens (tertiary/aromatic N) is 3. The Kier molecular flexibility index (Phi) is 6.47. The number of amides is 1. The zero-order valence-electron chi connectivity index (χ0n) is 19.2. The van der Waals surface area contributed by atoms with Crippen LogP contribution in [-0.4, -0.2) is 57.5 Å². The van der Waals surface area contributed by atoms with E-state index >= 15 is 0 Å². The molecule has 1 saturated heterocycles. The monoisotopic (exact) mass is 452 g/mol. The van der Waals surface area contributed by atoms with Crippen molar-refractivity contribution in [2.24, 2.45) is 5.92 Å². The van der Waals surface area contributed by atoms with Gasteiger partial charge in [0.25, 0.3) is 11.5 Å². The number of aromatic nitrogens is 2. The van der Waals surface area contributed by atoms with Gasteiger partial charge in [0.2, 0.25) is 0 Å². The summed E-state index contributed by atoms with van der Waals surface area (Å²) in [6, 6.07) is 11.3. The number of H-pyrrole nitrogens is 1. The average Bonchev–Trinajstić information content (AvgIpc) is 2.78. The van der Waals surface area contributed by atoms with Gasteiger partial charge in [-0.1, -0.05) is 32.0 Å². The molecule has 1 aromatic heterocycles. The number of para-hydroxylation sites is 1. The molecule has 174 valence electrons. The van der Waals surface area contributed by atoms with Crippen molar-refractivity contribution in [2.75, 3.05) is 26.2 Å². The lowest BCUT2D eigenvalue weighted by Gasteiger charge is -2.40. The van der Waals surface area contributed by atoms with Gasteiger partial charge in [-0.25, -0.2) is 9.18 Å². The molecule has 0 radical (unpaired) electrons. The van der Waals surface area contributed by atoms with Gasteiger partial charge in [0.15, 0.2) is 0 Å². The Labute approximate surface area is 191 Å². The van der Waals surface area contributed by atoms with E-state index in [-0.39, 0.29) is 24.1 Å². The van der Waals surface area contributed by atoms with E-state index in [0.29, 0.717) is 35.5 Å². The number of nitrogens with one attached hydrogen (secondary N) is 1. The van der Waals surface area contributed by atoms with Crippen LogP contribution in [0, 0.1) is 11.7 Å². The second-order valence-corrected chi connectivity index (χ2v) is 9.17. The predicted octanol–water partition coefficient (Wildman–Crippen LogP) is 2.68. The fourth-order valence-electron chi connectivity index (χ4n) is 4.51. The molecule has 1 aliphatic heterocycles. The molecular formula is C25H29FN4O3. The molecule has 2 aromatic carbocycles. The molecule has 8 heteroatoms. The maximum atomic E-state index is 14.7. The first-order chi connectivity index (χ1) is 15.7. The number of rotatable bonds is 5. The summed E-state index contributed by atoms with van der Waals surface area (Å²) in [5.41, 5.74) is 0.0847. The van der Waals surface area contributed by atoms with Gasteiger partial charge in [-0.15, -0.1) is 0 Å². The molecule has 2 heterocycles. The first-order valence-corrected chi connectivity index (χ1v) is 11.3. The summed E-state index contributed by atoms with van der Waals surface area (Å²) >= 11 is 0. The van der Waals surface area contributed by atoms with Crippen LogP contribution >= 0.6 is 0 Å². The highest BCUT2D eigenvalue weighted by Crippen LogP contribution is 2.19. The van der Waals surface area contributed by atoms with Crippen LogP contribution in [-0.2, 0) is 6.54 Å². The lowest BCUT2D eigenvalue weighted by molar-refractivity contribution is 0.0482. The van der Waals surface area contributed by atoms with Crippen LogP contribution < -0.4 is 11.2 Å². The van der Waals surface area contributed by atoms with E-state index in [4.69, 9.17) is 0 Å². The summed E-state index contributed by atoms with van der Waals surface area (Å²) in [6.45, 7) is 9.34. The van der Waals surface area contributed by atoms with Crippen LogP contribution in [0.4, 0.5) is 4.39 Å². The summed E-state index contributed by atoms with van der Waals surface area (Å²) < 4.78 is 16.1. The number of benzene rings is 2. The van der Waals surface area contributed by atoms with Gasteiger partial charge in [-0.3, -0.25) is 24.0 Å². The fourth-order valence-corrected chi connectivity index (χ4v) is 4.51. The average molecular weight is 453 g/mol. The SMILES string of the molecule is CC(C)CN1CCN(C(=O)c2cc(Cn3c(=O)[nH]c(=O)c4ccccc43)ccc2F)C[C@@H]1C. The highest BCUT2D eigenvalue weighted by Gasteiger charge is 2.29. The number of hydrogen-bond acceptors (Lipinski definition) is 4. The first-order valence-electron chi connectivity index (χ1n) is 11.3. The Bertz CT molecular complexity index is 1300. The molecule has 1 aliphatic rings. The van der Waals surface area contributed by atoms with Crippen molar-refractivity contribution in [3.63, 3.8) is 0 Å². The molecule has 1 amide bonds. The van der Waals surface area contributed by atoms with Gasteiger partial charge >= 0.3 is 5.69 Å². The molecule has 7 nitrogen and oxygen atoms in total. The van der Waals surface area contributed by atoms with Crippen molar-refractivity contribution in [2.45, 2.75) is 33.4 Å². The molecule has 0 saturated carbocycles.